The van der Waals surface area contributed by atoms with Crippen molar-refractivity contribution in [3.8, 4) is 17.0 Å². The molecule has 2 aromatic rings. The molecule has 0 aliphatic rings. The Labute approximate surface area is 117 Å². The summed E-state index contributed by atoms with van der Waals surface area (Å²) in [6, 6.07) is 3.74. The van der Waals surface area contributed by atoms with E-state index in [-0.39, 0.29) is 0 Å². The van der Waals surface area contributed by atoms with E-state index < -0.39 is 0 Å². The summed E-state index contributed by atoms with van der Waals surface area (Å²) in [5, 5.41) is 0.726. The van der Waals surface area contributed by atoms with Gasteiger partial charge in [-0.25, -0.2) is 9.97 Å². The lowest BCUT2D eigenvalue weighted by molar-refractivity contribution is 0.415. The Kier molecular flexibility index (Phi) is 4.02. The zero-order chi connectivity index (χ0) is 14.0. The molecule has 0 aliphatic heterocycles. The number of rotatable bonds is 3. The SMILES string of the molecule is COc1cc(C)c(Cl)c(C)c1-c1ccnc(CN)n1. The number of hydrogen-bond acceptors (Lipinski definition) is 4. The molecule has 4 nitrogen and oxygen atoms in total. The molecular weight excluding hydrogens is 262 g/mol. The Hall–Kier alpha value is -1.65. The first kappa shape index (κ1) is 13.8. The van der Waals surface area contributed by atoms with Gasteiger partial charge in [-0.1, -0.05) is 11.6 Å². The van der Waals surface area contributed by atoms with Gasteiger partial charge in [0, 0.05) is 16.8 Å². The Balaban J connectivity index is 2.69. The van der Waals surface area contributed by atoms with E-state index in [1.807, 2.05) is 26.0 Å². The van der Waals surface area contributed by atoms with Crippen molar-refractivity contribution in [3.63, 3.8) is 0 Å². The third-order valence-corrected chi connectivity index (χ3v) is 3.59. The van der Waals surface area contributed by atoms with Crippen LogP contribution in [0.2, 0.25) is 5.02 Å². The Morgan fingerprint density at radius 2 is 2.11 bits per heavy atom. The van der Waals surface area contributed by atoms with Crippen LogP contribution in [0.15, 0.2) is 18.3 Å². The van der Waals surface area contributed by atoms with E-state index in [4.69, 9.17) is 22.1 Å². The zero-order valence-electron chi connectivity index (χ0n) is 11.2. The number of aryl methyl sites for hydroxylation is 1. The number of benzene rings is 1. The molecule has 0 saturated carbocycles. The Morgan fingerprint density at radius 1 is 1.37 bits per heavy atom. The summed E-state index contributed by atoms with van der Waals surface area (Å²) < 4.78 is 5.44. The molecule has 0 radical (unpaired) electrons. The summed E-state index contributed by atoms with van der Waals surface area (Å²) in [7, 11) is 1.64. The van der Waals surface area contributed by atoms with Crippen LogP contribution in [0, 0.1) is 13.8 Å². The van der Waals surface area contributed by atoms with E-state index in [0.717, 1.165) is 33.2 Å². The number of nitrogens with two attached hydrogens (primary N) is 1. The second-order valence-electron chi connectivity index (χ2n) is 4.27. The van der Waals surface area contributed by atoms with Gasteiger partial charge in [0.2, 0.25) is 0 Å². The van der Waals surface area contributed by atoms with Gasteiger partial charge in [0.25, 0.3) is 0 Å². The fourth-order valence-corrected chi connectivity index (χ4v) is 2.19. The van der Waals surface area contributed by atoms with Gasteiger partial charge < -0.3 is 10.5 Å². The average molecular weight is 278 g/mol. The number of halogens is 1. The molecule has 0 saturated heterocycles. The minimum Gasteiger partial charge on any atom is -0.496 e. The first-order valence-corrected chi connectivity index (χ1v) is 6.32. The molecule has 2 N–H and O–H groups in total. The molecule has 1 aromatic carbocycles. The highest BCUT2D eigenvalue weighted by Gasteiger charge is 2.15. The van der Waals surface area contributed by atoms with Gasteiger partial charge in [-0.05, 0) is 37.1 Å². The van der Waals surface area contributed by atoms with Gasteiger partial charge >= 0.3 is 0 Å². The van der Waals surface area contributed by atoms with E-state index in [9.17, 15) is 0 Å². The van der Waals surface area contributed by atoms with E-state index in [2.05, 4.69) is 9.97 Å². The molecule has 0 aliphatic carbocycles. The van der Waals surface area contributed by atoms with Crippen LogP contribution in [0.5, 0.6) is 5.75 Å². The van der Waals surface area contributed by atoms with Crippen LogP contribution >= 0.6 is 11.6 Å². The molecule has 0 fully saturated rings. The molecule has 1 aromatic heterocycles. The van der Waals surface area contributed by atoms with Crippen molar-refractivity contribution in [1.82, 2.24) is 9.97 Å². The lowest BCUT2D eigenvalue weighted by atomic mass is 10.0. The zero-order valence-corrected chi connectivity index (χ0v) is 12.0. The molecule has 19 heavy (non-hydrogen) atoms. The summed E-state index contributed by atoms with van der Waals surface area (Å²) in [5.74, 6) is 1.34. The topological polar surface area (TPSA) is 61.0 Å². The summed E-state index contributed by atoms with van der Waals surface area (Å²) in [6.07, 6.45) is 1.69. The van der Waals surface area contributed by atoms with Gasteiger partial charge in [-0.2, -0.15) is 0 Å². The van der Waals surface area contributed by atoms with Crippen molar-refractivity contribution in [1.29, 1.82) is 0 Å². The maximum absolute atomic E-state index is 6.31. The molecular formula is C14H16ClN3O. The molecule has 0 bridgehead atoms. The maximum Gasteiger partial charge on any atom is 0.142 e. The number of nitrogens with zero attached hydrogens (tertiary/aromatic N) is 2. The molecule has 0 amide bonds. The minimum absolute atomic E-state index is 0.300. The van der Waals surface area contributed by atoms with Gasteiger partial charge in [0.15, 0.2) is 0 Å². The van der Waals surface area contributed by atoms with Crippen molar-refractivity contribution < 1.29 is 4.74 Å². The fourth-order valence-electron chi connectivity index (χ4n) is 2.04. The maximum atomic E-state index is 6.31. The highest BCUT2D eigenvalue weighted by atomic mass is 35.5. The lowest BCUT2D eigenvalue weighted by Crippen LogP contribution is -2.04. The molecule has 0 atom stereocenters. The highest BCUT2D eigenvalue weighted by Crippen LogP contribution is 2.37. The third kappa shape index (κ3) is 2.55. The molecule has 100 valence electrons. The van der Waals surface area contributed by atoms with Crippen LogP contribution in [-0.4, -0.2) is 17.1 Å². The van der Waals surface area contributed by atoms with E-state index in [0.29, 0.717) is 12.4 Å². The summed E-state index contributed by atoms with van der Waals surface area (Å²) >= 11 is 6.31. The molecule has 5 heteroatoms. The molecule has 0 unspecified atom stereocenters. The predicted octanol–water partition coefficient (Wildman–Crippen LogP) is 2.88. The Bertz CT molecular complexity index is 614. The largest absolute Gasteiger partial charge is 0.496 e. The van der Waals surface area contributed by atoms with Crippen LogP contribution in [-0.2, 0) is 6.54 Å². The second kappa shape index (κ2) is 5.55. The van der Waals surface area contributed by atoms with Crippen LogP contribution in [0.1, 0.15) is 17.0 Å². The third-order valence-electron chi connectivity index (χ3n) is 3.01. The first-order chi connectivity index (χ1) is 9.08. The number of aromatic nitrogens is 2. The van der Waals surface area contributed by atoms with Crippen molar-refractivity contribution in [2.75, 3.05) is 7.11 Å². The average Bonchev–Trinajstić information content (AvgIpc) is 2.44. The van der Waals surface area contributed by atoms with Gasteiger partial charge in [-0.15, -0.1) is 0 Å². The van der Waals surface area contributed by atoms with Crippen LogP contribution in [0.4, 0.5) is 0 Å². The van der Waals surface area contributed by atoms with Crippen LogP contribution < -0.4 is 10.5 Å². The smallest absolute Gasteiger partial charge is 0.142 e. The number of ether oxygens (including phenoxy) is 1. The quantitative estimate of drug-likeness (QED) is 0.937. The molecule has 0 spiro atoms. The lowest BCUT2D eigenvalue weighted by Gasteiger charge is -2.15. The first-order valence-electron chi connectivity index (χ1n) is 5.94. The van der Waals surface area contributed by atoms with Crippen molar-refractivity contribution in [2.45, 2.75) is 20.4 Å². The van der Waals surface area contributed by atoms with Crippen molar-refractivity contribution in [3.05, 3.63) is 40.3 Å². The summed E-state index contributed by atoms with van der Waals surface area (Å²) in [5.41, 5.74) is 9.16. The highest BCUT2D eigenvalue weighted by molar-refractivity contribution is 6.32. The van der Waals surface area contributed by atoms with Crippen LogP contribution in [0.25, 0.3) is 11.3 Å². The van der Waals surface area contributed by atoms with Gasteiger partial charge in [0.05, 0.1) is 19.3 Å². The number of methoxy groups -OCH3 is 1. The molecule has 2 rings (SSSR count). The summed E-state index contributed by atoms with van der Waals surface area (Å²) in [4.78, 5) is 8.53. The summed E-state index contributed by atoms with van der Waals surface area (Å²) in [6.45, 7) is 4.21. The van der Waals surface area contributed by atoms with Crippen molar-refractivity contribution >= 4 is 11.6 Å². The van der Waals surface area contributed by atoms with Crippen molar-refractivity contribution in [2.24, 2.45) is 5.73 Å². The fraction of sp³-hybridized carbons (Fsp3) is 0.286. The predicted molar refractivity (Wildman–Crippen MR) is 76.4 cm³/mol. The minimum atomic E-state index is 0.300. The van der Waals surface area contributed by atoms with E-state index in [1.165, 1.54) is 0 Å². The number of hydrogen-bond donors (Lipinski definition) is 1. The van der Waals surface area contributed by atoms with Gasteiger partial charge in [0.1, 0.15) is 11.6 Å². The van der Waals surface area contributed by atoms with Gasteiger partial charge in [-0.3, -0.25) is 0 Å². The Morgan fingerprint density at radius 3 is 2.74 bits per heavy atom. The normalized spacial score (nSPS) is 10.6. The standard InChI is InChI=1S/C14H16ClN3O/c1-8-6-11(19-3)13(9(2)14(8)15)10-4-5-17-12(7-16)18-10/h4-6H,7,16H2,1-3H3. The molecule has 1 heterocycles. The van der Waals surface area contributed by atoms with E-state index >= 15 is 0 Å². The second-order valence-corrected chi connectivity index (χ2v) is 4.65. The van der Waals surface area contributed by atoms with Crippen LogP contribution in [0.3, 0.4) is 0 Å². The monoisotopic (exact) mass is 277 g/mol. The van der Waals surface area contributed by atoms with E-state index in [1.54, 1.807) is 13.3 Å².